The number of halogens is 2. The Kier molecular flexibility index (Phi) is 6.50. The summed E-state index contributed by atoms with van der Waals surface area (Å²) in [6.45, 7) is 0. The van der Waals surface area contributed by atoms with E-state index in [-0.39, 0.29) is 17.0 Å². The van der Waals surface area contributed by atoms with Gasteiger partial charge in [0.25, 0.3) is 5.91 Å². The van der Waals surface area contributed by atoms with Crippen LogP contribution in [0.25, 0.3) is 0 Å². The second-order valence-electron chi connectivity index (χ2n) is 5.28. The molecule has 0 bridgehead atoms. The van der Waals surface area contributed by atoms with Gasteiger partial charge in [-0.1, -0.05) is 35.2 Å². The van der Waals surface area contributed by atoms with Crippen molar-refractivity contribution < 1.29 is 18.4 Å². The monoisotopic (exact) mass is 421 g/mol. The van der Waals surface area contributed by atoms with E-state index in [4.69, 9.17) is 0 Å². The number of nitrogens with zero attached hydrogens (tertiary/aromatic N) is 2. The molecule has 11 heteroatoms. The first-order valence-corrected chi connectivity index (χ1v) is 9.64. The van der Waals surface area contributed by atoms with E-state index in [1.54, 1.807) is 18.2 Å². The van der Waals surface area contributed by atoms with Crippen LogP contribution in [0.1, 0.15) is 10.4 Å². The van der Waals surface area contributed by atoms with Crippen LogP contribution in [0.2, 0.25) is 0 Å². The lowest BCUT2D eigenvalue weighted by atomic mass is 10.2. The van der Waals surface area contributed by atoms with Gasteiger partial charge in [-0.25, -0.2) is 8.78 Å². The van der Waals surface area contributed by atoms with Crippen LogP contribution < -0.4 is 16.2 Å². The molecule has 0 spiro atoms. The molecule has 1 aromatic heterocycles. The molecule has 3 N–H and O–H groups in total. The first-order chi connectivity index (χ1) is 13.5. The summed E-state index contributed by atoms with van der Waals surface area (Å²) in [4.78, 5) is 23.7. The van der Waals surface area contributed by atoms with E-state index in [0.717, 1.165) is 35.2 Å². The summed E-state index contributed by atoms with van der Waals surface area (Å²) in [5, 5.41) is 11.0. The molecule has 3 aromatic rings. The lowest BCUT2D eigenvalue weighted by Crippen LogP contribution is -2.42. The Morgan fingerprint density at radius 1 is 1.00 bits per heavy atom. The lowest BCUT2D eigenvalue weighted by molar-refractivity contribution is -0.119. The van der Waals surface area contributed by atoms with E-state index >= 15 is 0 Å². The number of amides is 2. The smallest absolute Gasteiger partial charge is 0.269 e. The van der Waals surface area contributed by atoms with Crippen LogP contribution in [-0.2, 0) is 4.79 Å². The number of hydrazine groups is 1. The molecule has 0 saturated heterocycles. The van der Waals surface area contributed by atoms with Crippen LogP contribution in [-0.4, -0.2) is 27.8 Å². The quantitative estimate of drug-likeness (QED) is 0.418. The van der Waals surface area contributed by atoms with Crippen molar-refractivity contribution in [3.8, 4) is 0 Å². The fourth-order valence-corrected chi connectivity index (χ4v) is 3.52. The minimum Gasteiger partial charge on any atom is -0.328 e. The summed E-state index contributed by atoms with van der Waals surface area (Å²) in [6.07, 6.45) is 0. The summed E-state index contributed by atoms with van der Waals surface area (Å²) in [7, 11) is 0. The van der Waals surface area contributed by atoms with E-state index in [2.05, 4.69) is 26.4 Å². The lowest BCUT2D eigenvalue weighted by Gasteiger charge is -2.06. The van der Waals surface area contributed by atoms with Crippen LogP contribution >= 0.6 is 23.1 Å². The molecule has 0 aliphatic carbocycles. The van der Waals surface area contributed by atoms with Crippen molar-refractivity contribution >= 4 is 45.7 Å². The van der Waals surface area contributed by atoms with E-state index < -0.39 is 23.4 Å². The van der Waals surface area contributed by atoms with Gasteiger partial charge in [0.15, 0.2) is 4.34 Å². The van der Waals surface area contributed by atoms with Gasteiger partial charge in [-0.15, -0.1) is 10.2 Å². The average molecular weight is 421 g/mol. The number of para-hydroxylation sites is 1. The number of anilines is 2. The Morgan fingerprint density at radius 3 is 2.50 bits per heavy atom. The third-order valence-corrected chi connectivity index (χ3v) is 5.24. The maximum absolute atomic E-state index is 13.6. The average Bonchev–Trinajstić information content (AvgIpc) is 3.14. The van der Waals surface area contributed by atoms with Crippen molar-refractivity contribution in [2.45, 2.75) is 4.34 Å². The molecular formula is C17H13F2N5O2S2. The molecule has 28 heavy (non-hydrogen) atoms. The molecule has 0 aliphatic heterocycles. The minimum atomic E-state index is -0.564. The van der Waals surface area contributed by atoms with Crippen LogP contribution in [0.15, 0.2) is 52.9 Å². The van der Waals surface area contributed by atoms with Crippen LogP contribution in [0.4, 0.5) is 19.6 Å². The first kappa shape index (κ1) is 19.7. The van der Waals surface area contributed by atoms with Crippen molar-refractivity contribution in [3.05, 3.63) is 65.7 Å². The Bertz CT molecular complexity index is 982. The maximum atomic E-state index is 13.6. The highest BCUT2D eigenvalue weighted by molar-refractivity contribution is 8.01. The van der Waals surface area contributed by atoms with Gasteiger partial charge in [0, 0.05) is 5.56 Å². The summed E-state index contributed by atoms with van der Waals surface area (Å²) in [5.74, 6) is -1.91. The summed E-state index contributed by atoms with van der Waals surface area (Å²) in [6, 6.07) is 11.1. The molecule has 2 aromatic carbocycles. The second kappa shape index (κ2) is 9.24. The second-order valence-corrected chi connectivity index (χ2v) is 7.48. The number of thioether (sulfide) groups is 1. The Morgan fingerprint density at radius 2 is 1.75 bits per heavy atom. The number of rotatable bonds is 6. The number of carbonyl (C=O) groups is 2. The third-order valence-electron chi connectivity index (χ3n) is 3.27. The van der Waals surface area contributed by atoms with Gasteiger partial charge >= 0.3 is 0 Å². The molecule has 0 aliphatic rings. The summed E-state index contributed by atoms with van der Waals surface area (Å²) in [5.41, 5.74) is 4.98. The minimum absolute atomic E-state index is 0.0158. The molecule has 144 valence electrons. The zero-order valence-corrected chi connectivity index (χ0v) is 15.7. The van der Waals surface area contributed by atoms with Gasteiger partial charge in [-0.3, -0.25) is 20.4 Å². The number of aromatic nitrogens is 2. The Balaban J connectivity index is 1.45. The molecule has 0 saturated carbocycles. The molecule has 0 radical (unpaired) electrons. The molecule has 0 atom stereocenters. The van der Waals surface area contributed by atoms with Crippen molar-refractivity contribution in [1.82, 2.24) is 21.0 Å². The maximum Gasteiger partial charge on any atom is 0.269 e. The van der Waals surface area contributed by atoms with Crippen LogP contribution in [0.5, 0.6) is 0 Å². The van der Waals surface area contributed by atoms with Crippen molar-refractivity contribution in [2.75, 3.05) is 11.1 Å². The van der Waals surface area contributed by atoms with Gasteiger partial charge in [-0.05, 0) is 36.4 Å². The number of hydrogen-bond donors (Lipinski definition) is 3. The normalized spacial score (nSPS) is 10.4. The molecule has 0 fully saturated rings. The van der Waals surface area contributed by atoms with Gasteiger partial charge in [0.2, 0.25) is 11.0 Å². The molecule has 2 amide bonds. The van der Waals surface area contributed by atoms with Gasteiger partial charge in [-0.2, -0.15) is 0 Å². The van der Waals surface area contributed by atoms with E-state index in [9.17, 15) is 18.4 Å². The van der Waals surface area contributed by atoms with E-state index in [1.165, 1.54) is 18.2 Å². The molecule has 0 unspecified atom stereocenters. The number of hydrogen-bond acceptors (Lipinski definition) is 7. The number of carbonyl (C=O) groups excluding carboxylic acids is 2. The predicted octanol–water partition coefficient (Wildman–Crippen LogP) is 3.11. The zero-order valence-electron chi connectivity index (χ0n) is 14.1. The van der Waals surface area contributed by atoms with E-state index in [0.29, 0.717) is 9.47 Å². The fraction of sp³-hybridized carbons (Fsp3) is 0.0588. The van der Waals surface area contributed by atoms with Gasteiger partial charge < -0.3 is 5.32 Å². The molecule has 1 heterocycles. The highest BCUT2D eigenvalue weighted by atomic mass is 32.2. The fourth-order valence-electron chi connectivity index (χ4n) is 1.96. The molecule has 3 rings (SSSR count). The summed E-state index contributed by atoms with van der Waals surface area (Å²) >= 11 is 2.27. The third kappa shape index (κ3) is 5.47. The largest absolute Gasteiger partial charge is 0.328 e. The van der Waals surface area contributed by atoms with Gasteiger partial charge in [0.05, 0.1) is 11.4 Å². The first-order valence-electron chi connectivity index (χ1n) is 7.84. The van der Waals surface area contributed by atoms with Crippen molar-refractivity contribution in [1.29, 1.82) is 0 Å². The van der Waals surface area contributed by atoms with Crippen LogP contribution in [0, 0.1) is 11.6 Å². The zero-order chi connectivity index (χ0) is 19.9. The molecule has 7 nitrogen and oxygen atoms in total. The van der Waals surface area contributed by atoms with Crippen molar-refractivity contribution in [2.24, 2.45) is 0 Å². The highest BCUT2D eigenvalue weighted by Gasteiger charge is 2.11. The number of nitrogens with one attached hydrogen (secondary N) is 3. The van der Waals surface area contributed by atoms with Gasteiger partial charge in [0.1, 0.15) is 11.6 Å². The topological polar surface area (TPSA) is 96.0 Å². The SMILES string of the molecule is O=C(CSc1nnc(Nc2ccccc2F)s1)NNC(=O)c1ccc(F)cc1. The van der Waals surface area contributed by atoms with Crippen LogP contribution in [0.3, 0.4) is 0 Å². The Hall–Kier alpha value is -3.05. The predicted molar refractivity (Wildman–Crippen MR) is 102 cm³/mol. The standard InChI is InChI=1S/C17H13F2N5O2S2/c18-11-7-5-10(6-8-11)15(26)22-21-14(25)9-27-17-24-23-16(28-17)20-13-4-2-1-3-12(13)19/h1-8H,9H2,(H,20,23)(H,21,25)(H,22,26). The molecular weight excluding hydrogens is 408 g/mol. The summed E-state index contributed by atoms with van der Waals surface area (Å²) < 4.78 is 26.9. The Labute approximate surface area is 166 Å². The van der Waals surface area contributed by atoms with E-state index in [1.807, 2.05) is 0 Å². The highest BCUT2D eigenvalue weighted by Crippen LogP contribution is 2.28. The number of benzene rings is 2. The van der Waals surface area contributed by atoms with Crippen molar-refractivity contribution in [3.63, 3.8) is 0 Å².